The molecule has 2 N–H and O–H groups in total. The van der Waals surface area contributed by atoms with Gasteiger partial charge >= 0.3 is 0 Å². The lowest BCUT2D eigenvalue weighted by Gasteiger charge is -2.15. The first kappa shape index (κ1) is 13.5. The summed E-state index contributed by atoms with van der Waals surface area (Å²) in [5.41, 5.74) is 0.817. The predicted molar refractivity (Wildman–Crippen MR) is 67.4 cm³/mol. The Balaban J connectivity index is 2.13. The van der Waals surface area contributed by atoms with Gasteiger partial charge in [-0.3, -0.25) is 4.79 Å². The van der Waals surface area contributed by atoms with Gasteiger partial charge in [-0.25, -0.2) is 18.5 Å². The van der Waals surface area contributed by atoms with Gasteiger partial charge in [0.15, 0.2) is 0 Å². The maximum Gasteiger partial charge on any atom is 0.227 e. The fourth-order valence-electron chi connectivity index (χ4n) is 2.08. The molecule has 7 nitrogen and oxygen atoms in total. The topological polar surface area (TPSA) is 117 Å². The molecule has 2 heterocycles. The number of nitrogens with two attached hydrogens (primary N) is 1. The summed E-state index contributed by atoms with van der Waals surface area (Å²) in [6.45, 7) is 0.294. The SMILES string of the molecule is N#Cc1ccc(N2CC(CS(N)(=O)=O)CC2=O)cn1. The van der Waals surface area contributed by atoms with Crippen LogP contribution in [0, 0.1) is 17.2 Å². The monoisotopic (exact) mass is 280 g/mol. The molecular weight excluding hydrogens is 268 g/mol. The average Bonchev–Trinajstić information content (AvgIpc) is 2.68. The number of aromatic nitrogens is 1. The highest BCUT2D eigenvalue weighted by Gasteiger charge is 2.32. The fraction of sp³-hybridized carbons (Fsp3) is 0.364. The number of nitrogens with zero attached hydrogens (tertiary/aromatic N) is 3. The van der Waals surface area contributed by atoms with E-state index in [2.05, 4.69) is 4.98 Å². The first-order chi connectivity index (χ1) is 8.89. The highest BCUT2D eigenvalue weighted by atomic mass is 32.2. The average molecular weight is 280 g/mol. The lowest BCUT2D eigenvalue weighted by molar-refractivity contribution is -0.117. The van der Waals surface area contributed by atoms with Crippen LogP contribution in [0.25, 0.3) is 0 Å². The number of primary sulfonamides is 1. The van der Waals surface area contributed by atoms with Crippen molar-refractivity contribution in [1.29, 1.82) is 5.26 Å². The van der Waals surface area contributed by atoms with Crippen molar-refractivity contribution in [3.05, 3.63) is 24.0 Å². The van der Waals surface area contributed by atoms with E-state index in [4.69, 9.17) is 10.4 Å². The van der Waals surface area contributed by atoms with Gasteiger partial charge in [0.05, 0.1) is 17.6 Å². The van der Waals surface area contributed by atoms with Crippen molar-refractivity contribution in [3.63, 3.8) is 0 Å². The molecule has 0 saturated carbocycles. The summed E-state index contributed by atoms with van der Waals surface area (Å²) < 4.78 is 22.0. The number of rotatable bonds is 3. The maximum absolute atomic E-state index is 11.8. The van der Waals surface area contributed by atoms with Crippen LogP contribution >= 0.6 is 0 Å². The summed E-state index contributed by atoms with van der Waals surface area (Å²) in [5.74, 6) is -0.683. The van der Waals surface area contributed by atoms with Crippen LogP contribution < -0.4 is 10.0 Å². The molecule has 1 aromatic rings. The van der Waals surface area contributed by atoms with E-state index in [0.29, 0.717) is 12.2 Å². The summed E-state index contributed by atoms with van der Waals surface area (Å²) in [6, 6.07) is 5.01. The summed E-state index contributed by atoms with van der Waals surface area (Å²) in [7, 11) is -3.58. The van der Waals surface area contributed by atoms with E-state index in [1.54, 1.807) is 6.07 Å². The smallest absolute Gasteiger partial charge is 0.227 e. The van der Waals surface area contributed by atoms with Crippen LogP contribution in [-0.4, -0.2) is 31.6 Å². The Labute approximate surface area is 110 Å². The second kappa shape index (κ2) is 4.95. The van der Waals surface area contributed by atoms with E-state index in [9.17, 15) is 13.2 Å². The first-order valence-corrected chi connectivity index (χ1v) is 7.27. The number of anilines is 1. The zero-order valence-corrected chi connectivity index (χ0v) is 10.8. The zero-order chi connectivity index (χ0) is 14.0. The number of carbonyl (C=O) groups is 1. The van der Waals surface area contributed by atoms with Gasteiger partial charge in [-0.05, 0) is 12.1 Å². The van der Waals surface area contributed by atoms with E-state index in [-0.39, 0.29) is 29.7 Å². The molecule has 0 bridgehead atoms. The number of hydrogen-bond acceptors (Lipinski definition) is 5. The molecule has 0 aromatic carbocycles. The molecule has 2 rings (SSSR count). The van der Waals surface area contributed by atoms with E-state index in [1.165, 1.54) is 17.2 Å². The number of sulfonamides is 1. The molecule has 1 unspecified atom stereocenters. The third-order valence-electron chi connectivity index (χ3n) is 2.85. The standard InChI is InChI=1S/C11H12N4O3S/c12-4-9-1-2-10(5-14-9)15-6-8(3-11(15)16)7-19(13,17)18/h1-2,5,8H,3,6-7H2,(H2,13,17,18). The van der Waals surface area contributed by atoms with Gasteiger partial charge in [-0.2, -0.15) is 5.26 Å². The first-order valence-electron chi connectivity index (χ1n) is 5.56. The Morgan fingerprint density at radius 2 is 2.26 bits per heavy atom. The Morgan fingerprint density at radius 1 is 1.53 bits per heavy atom. The molecular formula is C11H12N4O3S. The third kappa shape index (κ3) is 3.27. The lowest BCUT2D eigenvalue weighted by atomic mass is 10.1. The van der Waals surface area contributed by atoms with Gasteiger partial charge in [0.25, 0.3) is 0 Å². The van der Waals surface area contributed by atoms with Gasteiger partial charge in [0, 0.05) is 18.9 Å². The predicted octanol–water partition coefficient (Wildman–Crippen LogP) is -0.405. The minimum atomic E-state index is -3.58. The molecule has 19 heavy (non-hydrogen) atoms. The van der Waals surface area contributed by atoms with Gasteiger partial charge in [0.2, 0.25) is 15.9 Å². The van der Waals surface area contributed by atoms with Gasteiger partial charge in [-0.15, -0.1) is 0 Å². The largest absolute Gasteiger partial charge is 0.311 e. The van der Waals surface area contributed by atoms with Crippen molar-refractivity contribution in [2.45, 2.75) is 6.42 Å². The van der Waals surface area contributed by atoms with Crippen LogP contribution in [0.2, 0.25) is 0 Å². The Hall–Kier alpha value is -1.98. The molecule has 1 fully saturated rings. The van der Waals surface area contributed by atoms with Gasteiger partial charge in [-0.1, -0.05) is 0 Å². The quantitative estimate of drug-likeness (QED) is 0.808. The Morgan fingerprint density at radius 3 is 2.79 bits per heavy atom. The number of hydrogen-bond donors (Lipinski definition) is 1. The van der Waals surface area contributed by atoms with Crippen LogP contribution in [0.5, 0.6) is 0 Å². The van der Waals surface area contributed by atoms with Crippen molar-refractivity contribution in [3.8, 4) is 6.07 Å². The highest BCUT2D eigenvalue weighted by molar-refractivity contribution is 7.89. The maximum atomic E-state index is 11.8. The van der Waals surface area contributed by atoms with E-state index in [1.807, 2.05) is 6.07 Å². The second-order valence-corrected chi connectivity index (χ2v) is 6.08. The van der Waals surface area contributed by atoms with E-state index < -0.39 is 10.0 Å². The van der Waals surface area contributed by atoms with Crippen molar-refractivity contribution in [2.24, 2.45) is 11.1 Å². The van der Waals surface area contributed by atoms with Crippen molar-refractivity contribution in [2.75, 3.05) is 17.2 Å². The van der Waals surface area contributed by atoms with Crippen LogP contribution in [0.4, 0.5) is 5.69 Å². The molecule has 1 aromatic heterocycles. The second-order valence-electron chi connectivity index (χ2n) is 4.42. The van der Waals surface area contributed by atoms with Gasteiger partial charge in [0.1, 0.15) is 11.8 Å². The molecule has 0 aliphatic carbocycles. The van der Waals surface area contributed by atoms with Crippen LogP contribution in [-0.2, 0) is 14.8 Å². The number of carbonyl (C=O) groups excluding carboxylic acids is 1. The summed E-state index contributed by atoms with van der Waals surface area (Å²) in [5, 5.41) is 13.6. The minimum absolute atomic E-state index is 0.149. The van der Waals surface area contributed by atoms with Crippen LogP contribution in [0.15, 0.2) is 18.3 Å². The normalized spacial score (nSPS) is 19.5. The van der Waals surface area contributed by atoms with E-state index >= 15 is 0 Å². The van der Waals surface area contributed by atoms with Gasteiger partial charge < -0.3 is 4.90 Å². The Kier molecular flexibility index (Phi) is 3.50. The lowest BCUT2D eigenvalue weighted by Crippen LogP contribution is -2.27. The third-order valence-corrected chi connectivity index (χ3v) is 3.78. The molecule has 0 spiro atoms. The number of amides is 1. The van der Waals surface area contributed by atoms with Crippen LogP contribution in [0.1, 0.15) is 12.1 Å². The van der Waals surface area contributed by atoms with Crippen LogP contribution in [0.3, 0.4) is 0 Å². The van der Waals surface area contributed by atoms with Crippen molar-refractivity contribution in [1.82, 2.24) is 4.98 Å². The minimum Gasteiger partial charge on any atom is -0.311 e. The molecule has 8 heteroatoms. The highest BCUT2D eigenvalue weighted by Crippen LogP contribution is 2.25. The molecule has 1 aliphatic heterocycles. The molecule has 1 aliphatic rings. The molecule has 100 valence electrons. The Bertz CT molecular complexity index is 633. The summed E-state index contributed by atoms with van der Waals surface area (Å²) in [4.78, 5) is 17.2. The number of nitriles is 1. The summed E-state index contributed by atoms with van der Waals surface area (Å²) >= 11 is 0. The summed E-state index contributed by atoms with van der Waals surface area (Å²) in [6.07, 6.45) is 1.58. The zero-order valence-electron chi connectivity index (χ0n) is 9.98. The van der Waals surface area contributed by atoms with Crippen molar-refractivity contribution < 1.29 is 13.2 Å². The molecule has 1 atom stereocenters. The fourth-order valence-corrected chi connectivity index (χ4v) is 2.96. The van der Waals surface area contributed by atoms with E-state index in [0.717, 1.165) is 0 Å². The molecule has 1 saturated heterocycles. The number of pyridine rings is 1. The molecule has 1 amide bonds. The van der Waals surface area contributed by atoms with Crippen molar-refractivity contribution >= 4 is 21.6 Å². The molecule has 0 radical (unpaired) electrons.